The van der Waals surface area contributed by atoms with Crippen LogP contribution in [0.15, 0.2) is 36.4 Å². The fraction of sp³-hybridized carbons (Fsp3) is 0.250. The fourth-order valence-electron chi connectivity index (χ4n) is 1.90. The van der Waals surface area contributed by atoms with Gasteiger partial charge in [-0.3, -0.25) is 0 Å². The molecule has 0 fully saturated rings. The van der Waals surface area contributed by atoms with E-state index >= 15 is 0 Å². The molecule has 0 atom stereocenters. The van der Waals surface area contributed by atoms with E-state index < -0.39 is 5.97 Å². The van der Waals surface area contributed by atoms with Gasteiger partial charge in [0.25, 0.3) is 0 Å². The second kappa shape index (κ2) is 7.31. The van der Waals surface area contributed by atoms with Crippen LogP contribution in [0, 0.1) is 0 Å². The molecule has 0 saturated carbocycles. The summed E-state index contributed by atoms with van der Waals surface area (Å²) in [5, 5.41) is 3.17. The Morgan fingerprint density at radius 3 is 2.36 bits per heavy atom. The molecule has 1 N–H and O–H groups in total. The highest BCUT2D eigenvalue weighted by atomic mass is 16.5. The third-order valence-corrected chi connectivity index (χ3v) is 3.09. The van der Waals surface area contributed by atoms with Crippen molar-refractivity contribution in [3.05, 3.63) is 47.5 Å². The van der Waals surface area contributed by atoms with E-state index in [2.05, 4.69) is 15.0 Å². The van der Waals surface area contributed by atoms with Crippen LogP contribution in [-0.2, 0) is 11.3 Å². The van der Waals surface area contributed by atoms with Crippen LogP contribution in [0.2, 0.25) is 0 Å². The second-order valence-electron chi connectivity index (χ2n) is 4.45. The Bertz CT molecular complexity index is 641. The highest BCUT2D eigenvalue weighted by Crippen LogP contribution is 2.20. The number of benzene rings is 1. The predicted octanol–water partition coefficient (Wildman–Crippen LogP) is 2.50. The van der Waals surface area contributed by atoms with Gasteiger partial charge >= 0.3 is 5.97 Å². The zero-order valence-electron chi connectivity index (χ0n) is 12.8. The van der Waals surface area contributed by atoms with Gasteiger partial charge in [-0.1, -0.05) is 12.1 Å². The molecule has 2 rings (SSSR count). The van der Waals surface area contributed by atoms with E-state index in [9.17, 15) is 4.79 Å². The zero-order valence-corrected chi connectivity index (χ0v) is 12.8. The number of methoxy groups -OCH3 is 3. The Hall–Kier alpha value is -2.76. The lowest BCUT2D eigenvalue weighted by molar-refractivity contribution is 0.0596. The molecule has 0 unspecified atom stereocenters. The summed E-state index contributed by atoms with van der Waals surface area (Å²) in [5.74, 6) is 1.17. The average Bonchev–Trinajstić information content (AvgIpc) is 2.59. The van der Waals surface area contributed by atoms with Crippen molar-refractivity contribution in [3.63, 3.8) is 0 Å². The Kier molecular flexibility index (Phi) is 5.19. The first kappa shape index (κ1) is 15.6. The fourth-order valence-corrected chi connectivity index (χ4v) is 1.90. The molecular weight excluding hydrogens is 284 g/mol. The molecule has 0 bridgehead atoms. The first-order valence-electron chi connectivity index (χ1n) is 6.68. The number of aromatic nitrogens is 1. The Labute approximate surface area is 129 Å². The Balaban J connectivity index is 2.07. The van der Waals surface area contributed by atoms with Gasteiger partial charge in [-0.2, -0.15) is 4.98 Å². The first-order chi connectivity index (χ1) is 10.7. The molecule has 116 valence electrons. The second-order valence-corrected chi connectivity index (χ2v) is 4.45. The van der Waals surface area contributed by atoms with Crippen LogP contribution >= 0.6 is 0 Å². The standard InChI is InChI=1S/C16H18N2O4/c1-20-12-6-4-11(5-7-12)10-17-14-9-8-13(16(19)22-3)15(18-14)21-2/h4-9H,10H2,1-3H3,(H,17,18). The summed E-state index contributed by atoms with van der Waals surface area (Å²) in [4.78, 5) is 15.8. The van der Waals surface area contributed by atoms with Crippen molar-refractivity contribution >= 4 is 11.8 Å². The molecule has 6 heteroatoms. The lowest BCUT2D eigenvalue weighted by atomic mass is 10.2. The monoisotopic (exact) mass is 302 g/mol. The van der Waals surface area contributed by atoms with Crippen LogP contribution in [0.4, 0.5) is 5.82 Å². The maximum absolute atomic E-state index is 11.6. The molecule has 2 aromatic rings. The van der Waals surface area contributed by atoms with E-state index in [1.807, 2.05) is 24.3 Å². The van der Waals surface area contributed by atoms with Gasteiger partial charge in [-0.25, -0.2) is 4.79 Å². The molecule has 0 radical (unpaired) electrons. The van der Waals surface area contributed by atoms with Gasteiger partial charge in [0.1, 0.15) is 17.1 Å². The summed E-state index contributed by atoms with van der Waals surface area (Å²) in [7, 11) is 4.41. The van der Waals surface area contributed by atoms with Crippen molar-refractivity contribution < 1.29 is 19.0 Å². The van der Waals surface area contributed by atoms with Crippen molar-refractivity contribution in [2.24, 2.45) is 0 Å². The molecule has 1 aromatic carbocycles. The molecule has 0 aliphatic heterocycles. The maximum Gasteiger partial charge on any atom is 0.343 e. The minimum absolute atomic E-state index is 0.228. The van der Waals surface area contributed by atoms with E-state index in [1.54, 1.807) is 19.2 Å². The van der Waals surface area contributed by atoms with Gasteiger partial charge in [0.2, 0.25) is 5.88 Å². The first-order valence-corrected chi connectivity index (χ1v) is 6.68. The normalized spacial score (nSPS) is 9.95. The molecule has 6 nitrogen and oxygen atoms in total. The molecule has 1 heterocycles. The lowest BCUT2D eigenvalue weighted by Crippen LogP contribution is -2.08. The largest absolute Gasteiger partial charge is 0.497 e. The number of ether oxygens (including phenoxy) is 3. The minimum Gasteiger partial charge on any atom is -0.497 e. The van der Waals surface area contributed by atoms with E-state index in [0.29, 0.717) is 17.9 Å². The zero-order chi connectivity index (χ0) is 15.9. The number of hydrogen-bond donors (Lipinski definition) is 1. The third kappa shape index (κ3) is 3.66. The van der Waals surface area contributed by atoms with Crippen LogP contribution in [0.5, 0.6) is 11.6 Å². The molecule has 0 amide bonds. The van der Waals surface area contributed by atoms with E-state index in [0.717, 1.165) is 11.3 Å². The summed E-state index contributed by atoms with van der Waals surface area (Å²) < 4.78 is 14.9. The van der Waals surface area contributed by atoms with Gasteiger partial charge in [0.05, 0.1) is 21.3 Å². The van der Waals surface area contributed by atoms with Crippen LogP contribution in [0.1, 0.15) is 15.9 Å². The molecule has 0 aliphatic rings. The van der Waals surface area contributed by atoms with Crippen LogP contribution < -0.4 is 14.8 Å². The quantitative estimate of drug-likeness (QED) is 0.827. The van der Waals surface area contributed by atoms with Gasteiger partial charge in [0.15, 0.2) is 0 Å². The molecule has 0 saturated heterocycles. The highest BCUT2D eigenvalue weighted by Gasteiger charge is 2.14. The molecule has 0 aliphatic carbocycles. The maximum atomic E-state index is 11.6. The lowest BCUT2D eigenvalue weighted by Gasteiger charge is -2.10. The number of nitrogens with one attached hydrogen (secondary N) is 1. The summed E-state index contributed by atoms with van der Waals surface area (Å²) >= 11 is 0. The van der Waals surface area contributed by atoms with Crippen molar-refractivity contribution in [2.75, 3.05) is 26.6 Å². The van der Waals surface area contributed by atoms with Crippen LogP contribution in [-0.4, -0.2) is 32.3 Å². The molecule has 1 aromatic heterocycles. The number of anilines is 1. The van der Waals surface area contributed by atoms with E-state index in [4.69, 9.17) is 9.47 Å². The van der Waals surface area contributed by atoms with Crippen molar-refractivity contribution in [1.29, 1.82) is 0 Å². The topological polar surface area (TPSA) is 69.7 Å². The summed E-state index contributed by atoms with van der Waals surface area (Å²) in [6, 6.07) is 11.0. The summed E-state index contributed by atoms with van der Waals surface area (Å²) in [6.45, 7) is 0.595. The smallest absolute Gasteiger partial charge is 0.343 e. The molecular formula is C16H18N2O4. The highest BCUT2D eigenvalue weighted by molar-refractivity contribution is 5.92. The number of pyridine rings is 1. The van der Waals surface area contributed by atoms with Gasteiger partial charge in [-0.15, -0.1) is 0 Å². The third-order valence-electron chi connectivity index (χ3n) is 3.09. The summed E-state index contributed by atoms with van der Waals surface area (Å²) in [5.41, 5.74) is 1.37. The minimum atomic E-state index is -0.481. The predicted molar refractivity (Wildman–Crippen MR) is 82.4 cm³/mol. The Morgan fingerprint density at radius 1 is 1.05 bits per heavy atom. The van der Waals surface area contributed by atoms with E-state index in [1.165, 1.54) is 14.2 Å². The number of hydrogen-bond acceptors (Lipinski definition) is 6. The molecule has 22 heavy (non-hydrogen) atoms. The average molecular weight is 302 g/mol. The number of rotatable bonds is 6. The number of carbonyl (C=O) groups is 1. The Morgan fingerprint density at radius 2 is 1.77 bits per heavy atom. The number of esters is 1. The van der Waals surface area contributed by atoms with Crippen LogP contribution in [0.25, 0.3) is 0 Å². The van der Waals surface area contributed by atoms with Gasteiger partial charge < -0.3 is 19.5 Å². The molecule has 0 spiro atoms. The number of carbonyl (C=O) groups excluding carboxylic acids is 1. The van der Waals surface area contributed by atoms with Gasteiger partial charge in [-0.05, 0) is 29.8 Å². The van der Waals surface area contributed by atoms with Gasteiger partial charge in [0, 0.05) is 6.54 Å². The van der Waals surface area contributed by atoms with Crippen molar-refractivity contribution in [1.82, 2.24) is 4.98 Å². The summed E-state index contributed by atoms with van der Waals surface area (Å²) in [6.07, 6.45) is 0. The van der Waals surface area contributed by atoms with Crippen molar-refractivity contribution in [3.8, 4) is 11.6 Å². The SMILES string of the molecule is COC(=O)c1ccc(NCc2ccc(OC)cc2)nc1OC. The van der Waals surface area contributed by atoms with E-state index in [-0.39, 0.29) is 5.88 Å². The van der Waals surface area contributed by atoms with Crippen molar-refractivity contribution in [2.45, 2.75) is 6.54 Å². The number of nitrogens with zero attached hydrogens (tertiary/aromatic N) is 1. The van der Waals surface area contributed by atoms with Crippen LogP contribution in [0.3, 0.4) is 0 Å².